The number of ether oxygens (including phenoxy) is 1. The molecular weight excluding hydrogens is 416 g/mol. The van der Waals surface area contributed by atoms with Gasteiger partial charge in [0.25, 0.3) is 0 Å². The van der Waals surface area contributed by atoms with Crippen LogP contribution in [0.4, 0.5) is 14.5 Å². The van der Waals surface area contributed by atoms with Crippen LogP contribution in [-0.2, 0) is 20.9 Å². The van der Waals surface area contributed by atoms with Gasteiger partial charge in [-0.25, -0.2) is 8.78 Å². The molecule has 0 unspecified atom stereocenters. The van der Waals surface area contributed by atoms with Crippen LogP contribution in [0.2, 0.25) is 0 Å². The molecule has 0 bridgehead atoms. The molecule has 32 heavy (non-hydrogen) atoms. The van der Waals surface area contributed by atoms with E-state index in [0.29, 0.717) is 52.2 Å². The van der Waals surface area contributed by atoms with Gasteiger partial charge < -0.3 is 15.0 Å². The van der Waals surface area contributed by atoms with Crippen LogP contribution in [0.5, 0.6) is 0 Å². The second-order valence-electron chi connectivity index (χ2n) is 7.82. The predicted molar refractivity (Wildman–Crippen MR) is 118 cm³/mol. The highest BCUT2D eigenvalue weighted by Crippen LogP contribution is 2.15. The average Bonchev–Trinajstić information content (AvgIpc) is 3.02. The van der Waals surface area contributed by atoms with Crippen molar-refractivity contribution in [2.75, 3.05) is 44.6 Å². The van der Waals surface area contributed by atoms with Crippen molar-refractivity contribution in [2.24, 2.45) is 0 Å². The summed E-state index contributed by atoms with van der Waals surface area (Å²) in [6, 6.07) is 12.9. The average molecular weight is 446 g/mol. The minimum atomic E-state index is -0.807. The van der Waals surface area contributed by atoms with Gasteiger partial charge >= 0.3 is 0 Å². The van der Waals surface area contributed by atoms with Crippen LogP contribution >= 0.6 is 0 Å². The molecule has 1 aliphatic heterocycles. The summed E-state index contributed by atoms with van der Waals surface area (Å²) in [5.41, 5.74) is 1.06. The first-order chi connectivity index (χ1) is 15.5. The van der Waals surface area contributed by atoms with Gasteiger partial charge in [-0.05, 0) is 30.5 Å². The van der Waals surface area contributed by atoms with Gasteiger partial charge in [-0.15, -0.1) is 0 Å². The third-order valence-electron chi connectivity index (χ3n) is 5.30. The Labute approximate surface area is 187 Å². The molecule has 1 aliphatic rings. The maximum Gasteiger partial charge on any atom is 0.238 e. The molecule has 3 rings (SSSR count). The lowest BCUT2D eigenvalue weighted by molar-refractivity contribution is -0.131. The van der Waals surface area contributed by atoms with Crippen molar-refractivity contribution in [3.8, 4) is 0 Å². The number of hydrogen-bond donors (Lipinski definition) is 1. The molecule has 2 amide bonds. The Morgan fingerprint density at radius 3 is 2.59 bits per heavy atom. The van der Waals surface area contributed by atoms with E-state index in [1.54, 1.807) is 0 Å². The Kier molecular flexibility index (Phi) is 9.13. The first-order valence-corrected chi connectivity index (χ1v) is 10.9. The number of nitrogens with one attached hydrogen (secondary N) is 1. The summed E-state index contributed by atoms with van der Waals surface area (Å²) in [6.07, 6.45) is 1.85. The van der Waals surface area contributed by atoms with E-state index < -0.39 is 11.6 Å². The summed E-state index contributed by atoms with van der Waals surface area (Å²) in [7, 11) is 0. The van der Waals surface area contributed by atoms with Crippen LogP contribution in [0.1, 0.15) is 24.8 Å². The van der Waals surface area contributed by atoms with Crippen molar-refractivity contribution in [3.63, 3.8) is 0 Å². The Morgan fingerprint density at radius 2 is 1.81 bits per heavy atom. The number of carbonyl (C=O) groups is 2. The van der Waals surface area contributed by atoms with E-state index in [4.69, 9.17) is 4.74 Å². The fourth-order valence-corrected chi connectivity index (χ4v) is 3.61. The van der Waals surface area contributed by atoms with Gasteiger partial charge in [-0.2, -0.15) is 0 Å². The van der Waals surface area contributed by atoms with Gasteiger partial charge in [-0.1, -0.05) is 30.3 Å². The molecule has 1 saturated heterocycles. The molecule has 8 heteroatoms. The highest BCUT2D eigenvalue weighted by atomic mass is 19.1. The minimum absolute atomic E-state index is 0.0440. The smallest absolute Gasteiger partial charge is 0.238 e. The van der Waals surface area contributed by atoms with Crippen molar-refractivity contribution in [3.05, 3.63) is 65.7 Å². The number of rotatable bonds is 9. The van der Waals surface area contributed by atoms with Crippen LogP contribution in [0, 0.1) is 11.6 Å². The van der Waals surface area contributed by atoms with Crippen LogP contribution in [0.3, 0.4) is 0 Å². The second kappa shape index (κ2) is 12.3. The SMILES string of the molecule is O=C(CN1CCCN(C(=O)CCCOCc2ccccc2)CC1)Nc1ccc(F)cc1F. The van der Waals surface area contributed by atoms with Crippen molar-refractivity contribution < 1.29 is 23.1 Å². The highest BCUT2D eigenvalue weighted by molar-refractivity contribution is 5.92. The number of amides is 2. The topological polar surface area (TPSA) is 61.9 Å². The molecule has 0 aliphatic carbocycles. The standard InChI is InChI=1S/C24H29F2N3O3/c25-20-9-10-22(21(26)16-20)27-23(30)17-28-11-5-12-29(14-13-28)24(31)8-4-15-32-18-19-6-2-1-3-7-19/h1-3,6-7,9-10,16H,4-5,8,11-15,17-18H2,(H,27,30). The maximum atomic E-state index is 13.7. The molecule has 1 fully saturated rings. The van der Waals surface area contributed by atoms with Crippen molar-refractivity contribution in [1.82, 2.24) is 9.80 Å². The monoisotopic (exact) mass is 445 g/mol. The van der Waals surface area contributed by atoms with E-state index in [-0.39, 0.29) is 24.0 Å². The zero-order valence-corrected chi connectivity index (χ0v) is 18.1. The minimum Gasteiger partial charge on any atom is -0.377 e. The molecule has 0 atom stereocenters. The number of nitrogens with zero attached hydrogens (tertiary/aromatic N) is 2. The Bertz CT molecular complexity index is 895. The lowest BCUT2D eigenvalue weighted by Gasteiger charge is -2.22. The lowest BCUT2D eigenvalue weighted by Crippen LogP contribution is -2.38. The highest BCUT2D eigenvalue weighted by Gasteiger charge is 2.20. The molecule has 2 aromatic carbocycles. The molecule has 0 saturated carbocycles. The molecular formula is C24H29F2N3O3. The maximum absolute atomic E-state index is 13.7. The first kappa shape index (κ1) is 23.8. The van der Waals surface area contributed by atoms with Crippen LogP contribution in [0.15, 0.2) is 48.5 Å². The van der Waals surface area contributed by atoms with Gasteiger partial charge in [0, 0.05) is 45.3 Å². The molecule has 0 radical (unpaired) electrons. The van der Waals surface area contributed by atoms with Crippen molar-refractivity contribution in [1.29, 1.82) is 0 Å². The van der Waals surface area contributed by atoms with Crippen LogP contribution in [0.25, 0.3) is 0 Å². The summed E-state index contributed by atoms with van der Waals surface area (Å²) in [5, 5.41) is 2.47. The van der Waals surface area contributed by atoms with E-state index >= 15 is 0 Å². The summed E-state index contributed by atoms with van der Waals surface area (Å²) >= 11 is 0. The fraction of sp³-hybridized carbons (Fsp3) is 0.417. The molecule has 1 heterocycles. The predicted octanol–water partition coefficient (Wildman–Crippen LogP) is 3.43. The second-order valence-corrected chi connectivity index (χ2v) is 7.82. The van der Waals surface area contributed by atoms with Crippen LogP contribution < -0.4 is 5.32 Å². The van der Waals surface area contributed by atoms with E-state index in [1.807, 2.05) is 40.1 Å². The lowest BCUT2D eigenvalue weighted by atomic mass is 10.2. The number of benzene rings is 2. The van der Waals surface area contributed by atoms with Crippen LogP contribution in [-0.4, -0.2) is 60.9 Å². The quantitative estimate of drug-likeness (QED) is 0.601. The molecule has 6 nitrogen and oxygen atoms in total. The molecule has 1 N–H and O–H groups in total. The van der Waals surface area contributed by atoms with Gasteiger partial charge in [0.05, 0.1) is 18.8 Å². The van der Waals surface area contributed by atoms with Gasteiger partial charge in [-0.3, -0.25) is 14.5 Å². The Balaban J connectivity index is 1.34. The normalized spacial score (nSPS) is 14.8. The molecule has 0 aromatic heterocycles. The van der Waals surface area contributed by atoms with Gasteiger partial charge in [0.1, 0.15) is 11.6 Å². The van der Waals surface area contributed by atoms with Crippen molar-refractivity contribution >= 4 is 17.5 Å². The van der Waals surface area contributed by atoms with Gasteiger partial charge in [0.15, 0.2) is 0 Å². The summed E-state index contributed by atoms with van der Waals surface area (Å²) in [5.74, 6) is -1.78. The molecule has 172 valence electrons. The summed E-state index contributed by atoms with van der Waals surface area (Å²) < 4.78 is 32.3. The summed E-state index contributed by atoms with van der Waals surface area (Å²) in [6.45, 7) is 3.58. The molecule has 2 aromatic rings. The number of anilines is 1. The third-order valence-corrected chi connectivity index (χ3v) is 5.30. The Hall–Kier alpha value is -2.84. The molecule has 0 spiro atoms. The first-order valence-electron chi connectivity index (χ1n) is 10.9. The zero-order chi connectivity index (χ0) is 22.8. The zero-order valence-electron chi connectivity index (χ0n) is 18.1. The number of halogens is 2. The number of carbonyl (C=O) groups excluding carboxylic acids is 2. The fourth-order valence-electron chi connectivity index (χ4n) is 3.61. The largest absolute Gasteiger partial charge is 0.377 e. The Morgan fingerprint density at radius 1 is 1.00 bits per heavy atom. The van der Waals surface area contributed by atoms with E-state index in [9.17, 15) is 18.4 Å². The third kappa shape index (κ3) is 7.69. The van der Waals surface area contributed by atoms with E-state index in [2.05, 4.69) is 5.32 Å². The van der Waals surface area contributed by atoms with E-state index in [0.717, 1.165) is 24.1 Å². The van der Waals surface area contributed by atoms with E-state index in [1.165, 1.54) is 6.07 Å². The van der Waals surface area contributed by atoms with Crippen molar-refractivity contribution in [2.45, 2.75) is 25.9 Å². The van der Waals surface area contributed by atoms with Gasteiger partial charge in [0.2, 0.25) is 11.8 Å². The summed E-state index contributed by atoms with van der Waals surface area (Å²) in [4.78, 5) is 28.5. The number of hydrogen-bond acceptors (Lipinski definition) is 4.